The number of alkyl halides is 1. The van der Waals surface area contributed by atoms with Crippen LogP contribution in [0.1, 0.15) is 23.6 Å². The fourth-order valence-electron chi connectivity index (χ4n) is 2.08. The van der Waals surface area contributed by atoms with Gasteiger partial charge in [0, 0.05) is 26.1 Å². The Morgan fingerprint density at radius 1 is 1.25 bits per heavy atom. The maximum Gasteiger partial charge on any atom is 0.243 e. The Bertz CT molecular complexity index is 558. The molecular formula is C14H22ClNO3S. The van der Waals surface area contributed by atoms with Crippen molar-refractivity contribution in [2.75, 3.05) is 26.8 Å². The average molecular weight is 320 g/mol. The second-order valence-corrected chi connectivity index (χ2v) is 6.84. The molecular weight excluding hydrogens is 298 g/mol. The van der Waals surface area contributed by atoms with Crippen molar-refractivity contribution in [1.82, 2.24) is 4.31 Å². The summed E-state index contributed by atoms with van der Waals surface area (Å²) in [5.74, 6) is 0.304. The van der Waals surface area contributed by atoms with Gasteiger partial charge in [0.1, 0.15) is 0 Å². The van der Waals surface area contributed by atoms with Crippen LogP contribution in [0.5, 0.6) is 0 Å². The van der Waals surface area contributed by atoms with E-state index in [1.165, 1.54) is 4.31 Å². The lowest BCUT2D eigenvalue weighted by Crippen LogP contribution is -2.34. The summed E-state index contributed by atoms with van der Waals surface area (Å²) in [6.45, 7) is 6.69. The van der Waals surface area contributed by atoms with Gasteiger partial charge in [0.15, 0.2) is 0 Å². The molecule has 4 nitrogen and oxygen atoms in total. The summed E-state index contributed by atoms with van der Waals surface area (Å²) >= 11 is 5.88. The van der Waals surface area contributed by atoms with Crippen LogP contribution in [-0.2, 0) is 20.6 Å². The highest BCUT2D eigenvalue weighted by molar-refractivity contribution is 7.89. The van der Waals surface area contributed by atoms with E-state index in [0.717, 1.165) is 16.7 Å². The molecule has 6 heteroatoms. The van der Waals surface area contributed by atoms with Gasteiger partial charge in [-0.2, -0.15) is 4.31 Å². The van der Waals surface area contributed by atoms with E-state index in [4.69, 9.17) is 16.3 Å². The molecule has 114 valence electrons. The van der Waals surface area contributed by atoms with Gasteiger partial charge in [0.05, 0.1) is 11.5 Å². The number of aryl methyl sites for hydroxylation is 2. The van der Waals surface area contributed by atoms with Crippen molar-refractivity contribution in [2.45, 2.75) is 31.5 Å². The van der Waals surface area contributed by atoms with Crippen molar-refractivity contribution in [3.05, 3.63) is 28.8 Å². The fourth-order valence-corrected chi connectivity index (χ4v) is 4.05. The van der Waals surface area contributed by atoms with E-state index in [1.54, 1.807) is 13.2 Å². The number of ether oxygens (including phenoxy) is 1. The maximum absolute atomic E-state index is 12.7. The molecule has 0 amide bonds. The predicted octanol–water partition coefficient (Wildman–Crippen LogP) is 2.70. The maximum atomic E-state index is 12.7. The smallest absolute Gasteiger partial charge is 0.243 e. The first-order valence-electron chi connectivity index (χ1n) is 6.53. The Hall–Kier alpha value is -0.620. The number of methoxy groups -OCH3 is 1. The molecule has 1 aromatic carbocycles. The Morgan fingerprint density at radius 3 is 2.40 bits per heavy atom. The molecule has 0 aliphatic carbocycles. The number of hydrogen-bond acceptors (Lipinski definition) is 3. The molecule has 0 aliphatic rings. The highest BCUT2D eigenvalue weighted by atomic mass is 35.5. The van der Waals surface area contributed by atoms with Gasteiger partial charge in [0.2, 0.25) is 10.0 Å². The number of rotatable bonds is 7. The third-order valence-corrected chi connectivity index (χ3v) is 5.70. The topological polar surface area (TPSA) is 46.6 Å². The minimum atomic E-state index is -3.51. The highest BCUT2D eigenvalue weighted by Crippen LogP contribution is 2.24. The van der Waals surface area contributed by atoms with Gasteiger partial charge in [-0.25, -0.2) is 8.42 Å². The van der Waals surface area contributed by atoms with Crippen molar-refractivity contribution in [3.63, 3.8) is 0 Å². The van der Waals surface area contributed by atoms with Crippen molar-refractivity contribution in [3.8, 4) is 0 Å². The molecule has 1 rings (SSSR count). The van der Waals surface area contributed by atoms with Crippen LogP contribution in [-0.4, -0.2) is 39.5 Å². The molecule has 0 saturated heterocycles. The standard InChI is InChI=1S/C14H22ClNO3S/c1-5-16(6-7-19-4)20(17,18)14-9-13(10-15)11(2)8-12(14)3/h8-9H,5-7,10H2,1-4H3. The minimum absolute atomic E-state index is 0.304. The van der Waals surface area contributed by atoms with Gasteiger partial charge in [-0.1, -0.05) is 13.0 Å². The molecule has 0 radical (unpaired) electrons. The molecule has 1 aromatic rings. The summed E-state index contributed by atoms with van der Waals surface area (Å²) in [5, 5.41) is 0. The average Bonchev–Trinajstić information content (AvgIpc) is 2.39. The van der Waals surface area contributed by atoms with E-state index in [1.807, 2.05) is 26.8 Å². The third kappa shape index (κ3) is 3.73. The molecule has 0 spiro atoms. The van der Waals surface area contributed by atoms with E-state index in [9.17, 15) is 8.42 Å². The van der Waals surface area contributed by atoms with Gasteiger partial charge < -0.3 is 4.74 Å². The zero-order valence-electron chi connectivity index (χ0n) is 12.4. The SMILES string of the molecule is CCN(CCOC)S(=O)(=O)c1cc(CCl)c(C)cc1C. The zero-order valence-corrected chi connectivity index (χ0v) is 14.0. The predicted molar refractivity (Wildman–Crippen MR) is 81.8 cm³/mol. The van der Waals surface area contributed by atoms with Crippen molar-refractivity contribution >= 4 is 21.6 Å². The quantitative estimate of drug-likeness (QED) is 0.726. The van der Waals surface area contributed by atoms with E-state index >= 15 is 0 Å². The lowest BCUT2D eigenvalue weighted by molar-refractivity contribution is 0.180. The first kappa shape index (κ1) is 17.4. The largest absolute Gasteiger partial charge is 0.383 e. The summed E-state index contributed by atoms with van der Waals surface area (Å²) < 4.78 is 31.8. The third-order valence-electron chi connectivity index (χ3n) is 3.29. The van der Waals surface area contributed by atoms with E-state index in [-0.39, 0.29) is 0 Å². The minimum Gasteiger partial charge on any atom is -0.383 e. The summed E-state index contributed by atoms with van der Waals surface area (Å²) in [7, 11) is -1.95. The Morgan fingerprint density at radius 2 is 1.90 bits per heavy atom. The van der Waals surface area contributed by atoms with Gasteiger partial charge in [-0.3, -0.25) is 0 Å². The lowest BCUT2D eigenvalue weighted by Gasteiger charge is -2.22. The van der Waals surface area contributed by atoms with Crippen LogP contribution in [0.3, 0.4) is 0 Å². The monoisotopic (exact) mass is 319 g/mol. The normalized spacial score (nSPS) is 12.1. The van der Waals surface area contributed by atoms with Crippen LogP contribution >= 0.6 is 11.6 Å². The molecule has 0 bridgehead atoms. The zero-order chi connectivity index (χ0) is 15.3. The molecule has 0 N–H and O–H groups in total. The second kappa shape index (κ2) is 7.41. The van der Waals surface area contributed by atoms with Gasteiger partial charge in [0.25, 0.3) is 0 Å². The van der Waals surface area contributed by atoms with E-state index < -0.39 is 10.0 Å². The molecule has 0 aromatic heterocycles. The van der Waals surface area contributed by atoms with Crippen molar-refractivity contribution < 1.29 is 13.2 Å². The Labute approximate surface area is 126 Å². The molecule has 0 aliphatic heterocycles. The number of hydrogen-bond donors (Lipinski definition) is 0. The first-order valence-corrected chi connectivity index (χ1v) is 8.51. The van der Waals surface area contributed by atoms with Crippen molar-refractivity contribution in [1.29, 1.82) is 0 Å². The molecule has 0 fully saturated rings. The van der Waals surface area contributed by atoms with Crippen LogP contribution in [0.25, 0.3) is 0 Å². The number of likely N-dealkylation sites (N-methyl/N-ethyl adjacent to an activating group) is 1. The Balaban J connectivity index is 3.26. The van der Waals surface area contributed by atoms with Crippen LogP contribution in [0.4, 0.5) is 0 Å². The second-order valence-electron chi connectivity index (χ2n) is 4.67. The van der Waals surface area contributed by atoms with Crippen LogP contribution in [0, 0.1) is 13.8 Å². The molecule has 0 unspecified atom stereocenters. The molecule has 0 saturated carbocycles. The summed E-state index contributed by atoms with van der Waals surface area (Å²) in [6.07, 6.45) is 0. The van der Waals surface area contributed by atoms with Gasteiger partial charge in [-0.15, -0.1) is 11.6 Å². The number of nitrogens with zero attached hydrogens (tertiary/aromatic N) is 1. The summed E-state index contributed by atoms with van der Waals surface area (Å²) in [5.41, 5.74) is 2.60. The number of halogens is 1. The lowest BCUT2D eigenvalue weighted by atomic mass is 10.1. The first-order chi connectivity index (χ1) is 9.38. The van der Waals surface area contributed by atoms with E-state index in [2.05, 4.69) is 0 Å². The highest BCUT2D eigenvalue weighted by Gasteiger charge is 2.25. The summed E-state index contributed by atoms with van der Waals surface area (Å²) in [6, 6.07) is 3.55. The van der Waals surface area contributed by atoms with Crippen LogP contribution in [0.15, 0.2) is 17.0 Å². The fraction of sp³-hybridized carbons (Fsp3) is 0.571. The van der Waals surface area contributed by atoms with E-state index in [0.29, 0.717) is 30.5 Å². The summed E-state index contributed by atoms with van der Waals surface area (Å²) in [4.78, 5) is 0.330. The van der Waals surface area contributed by atoms with Crippen LogP contribution < -0.4 is 0 Å². The van der Waals surface area contributed by atoms with Gasteiger partial charge >= 0.3 is 0 Å². The van der Waals surface area contributed by atoms with Gasteiger partial charge in [-0.05, 0) is 36.6 Å². The Kier molecular flexibility index (Phi) is 6.45. The molecule has 0 atom stereocenters. The number of sulfonamides is 1. The van der Waals surface area contributed by atoms with Crippen molar-refractivity contribution in [2.24, 2.45) is 0 Å². The molecule has 20 heavy (non-hydrogen) atoms. The molecule has 0 heterocycles. The van der Waals surface area contributed by atoms with Crippen LogP contribution in [0.2, 0.25) is 0 Å². The number of benzene rings is 1.